The molecule has 1 aromatic carbocycles. The van der Waals surface area contributed by atoms with Crippen molar-refractivity contribution in [2.45, 2.75) is 39.7 Å². The Morgan fingerprint density at radius 2 is 2.00 bits per heavy atom. The molecule has 0 amide bonds. The Bertz CT molecular complexity index is 408. The van der Waals surface area contributed by atoms with Crippen LogP contribution in [0.4, 0.5) is 0 Å². The molecule has 0 aliphatic rings. The molecule has 0 saturated carbocycles. The second-order valence-corrected chi connectivity index (χ2v) is 4.55. The van der Waals surface area contributed by atoms with Crippen LogP contribution < -0.4 is 0 Å². The van der Waals surface area contributed by atoms with Crippen LogP contribution in [0.25, 0.3) is 0 Å². The number of aliphatic hydroxyl groups is 1. The van der Waals surface area contributed by atoms with Crippen molar-refractivity contribution in [1.29, 1.82) is 0 Å². The van der Waals surface area contributed by atoms with Crippen molar-refractivity contribution < 1.29 is 14.6 Å². The summed E-state index contributed by atoms with van der Waals surface area (Å²) in [6, 6.07) is 5.71. The van der Waals surface area contributed by atoms with Gasteiger partial charge in [-0.05, 0) is 44.4 Å². The zero-order chi connectivity index (χ0) is 13.1. The molecule has 3 heteroatoms. The molecule has 0 aliphatic heterocycles. The van der Waals surface area contributed by atoms with Gasteiger partial charge in [0.25, 0.3) is 0 Å². The standard InChI is InChI=1S/C14H20O3/c1-5-17-13(15)9-14(4,16)12-7-6-10(2)11(3)8-12/h6-8,16H,5,9H2,1-4H3. The predicted octanol–water partition coefficient (Wildman–Crippen LogP) is 2.46. The van der Waals surface area contributed by atoms with Crippen molar-refractivity contribution in [2.24, 2.45) is 0 Å². The fraction of sp³-hybridized carbons (Fsp3) is 0.500. The lowest BCUT2D eigenvalue weighted by Crippen LogP contribution is -2.26. The lowest BCUT2D eigenvalue weighted by Gasteiger charge is -2.23. The van der Waals surface area contributed by atoms with Gasteiger partial charge in [0.2, 0.25) is 0 Å². The molecule has 94 valence electrons. The fourth-order valence-electron chi connectivity index (χ4n) is 1.67. The van der Waals surface area contributed by atoms with E-state index in [-0.39, 0.29) is 12.4 Å². The van der Waals surface area contributed by atoms with Gasteiger partial charge in [-0.25, -0.2) is 0 Å². The van der Waals surface area contributed by atoms with E-state index in [1.807, 2.05) is 32.0 Å². The number of benzene rings is 1. The van der Waals surface area contributed by atoms with E-state index in [9.17, 15) is 9.90 Å². The summed E-state index contributed by atoms with van der Waals surface area (Å²) in [5.74, 6) is -0.379. The van der Waals surface area contributed by atoms with Crippen molar-refractivity contribution >= 4 is 5.97 Å². The molecule has 0 bridgehead atoms. The number of aryl methyl sites for hydroxylation is 2. The molecular weight excluding hydrogens is 216 g/mol. The maximum Gasteiger partial charge on any atom is 0.309 e. The van der Waals surface area contributed by atoms with E-state index < -0.39 is 5.60 Å². The maximum atomic E-state index is 11.4. The second kappa shape index (κ2) is 5.32. The molecule has 0 saturated heterocycles. The van der Waals surface area contributed by atoms with Gasteiger partial charge < -0.3 is 9.84 Å². The summed E-state index contributed by atoms with van der Waals surface area (Å²) < 4.78 is 4.85. The Morgan fingerprint density at radius 1 is 1.35 bits per heavy atom. The zero-order valence-corrected chi connectivity index (χ0v) is 10.9. The number of ether oxygens (including phenoxy) is 1. The van der Waals surface area contributed by atoms with E-state index in [4.69, 9.17) is 4.74 Å². The van der Waals surface area contributed by atoms with Gasteiger partial charge in [-0.15, -0.1) is 0 Å². The molecule has 1 unspecified atom stereocenters. The average Bonchev–Trinajstić information content (AvgIpc) is 2.21. The van der Waals surface area contributed by atoms with Crippen molar-refractivity contribution in [3.63, 3.8) is 0 Å². The minimum absolute atomic E-state index is 0.0245. The highest BCUT2D eigenvalue weighted by atomic mass is 16.5. The Morgan fingerprint density at radius 3 is 2.53 bits per heavy atom. The number of hydrogen-bond donors (Lipinski definition) is 1. The summed E-state index contributed by atoms with van der Waals surface area (Å²) in [6.07, 6.45) is -0.0245. The van der Waals surface area contributed by atoms with Crippen LogP contribution in [0.1, 0.15) is 37.0 Å². The summed E-state index contributed by atoms with van der Waals surface area (Å²) in [5, 5.41) is 10.3. The molecule has 1 atom stereocenters. The van der Waals surface area contributed by atoms with Gasteiger partial charge >= 0.3 is 5.97 Å². The SMILES string of the molecule is CCOC(=O)CC(C)(O)c1ccc(C)c(C)c1. The van der Waals surface area contributed by atoms with Crippen molar-refractivity contribution in [3.05, 3.63) is 34.9 Å². The largest absolute Gasteiger partial charge is 0.466 e. The Kier molecular flexibility index (Phi) is 4.29. The van der Waals surface area contributed by atoms with E-state index in [0.717, 1.165) is 11.1 Å². The third kappa shape index (κ3) is 3.56. The third-order valence-corrected chi connectivity index (χ3v) is 2.92. The lowest BCUT2D eigenvalue weighted by molar-refractivity contribution is -0.148. The molecule has 0 aliphatic carbocycles. The Hall–Kier alpha value is -1.35. The molecule has 0 radical (unpaired) electrons. The second-order valence-electron chi connectivity index (χ2n) is 4.55. The van der Waals surface area contributed by atoms with Crippen LogP contribution in [0.15, 0.2) is 18.2 Å². The van der Waals surface area contributed by atoms with Crippen LogP contribution >= 0.6 is 0 Å². The number of carbonyl (C=O) groups is 1. The van der Waals surface area contributed by atoms with Gasteiger partial charge in [0.15, 0.2) is 0 Å². The first-order valence-electron chi connectivity index (χ1n) is 5.82. The molecule has 0 heterocycles. The number of esters is 1. The topological polar surface area (TPSA) is 46.5 Å². The molecule has 1 N–H and O–H groups in total. The quantitative estimate of drug-likeness (QED) is 0.817. The monoisotopic (exact) mass is 236 g/mol. The normalized spacial score (nSPS) is 14.2. The van der Waals surface area contributed by atoms with Gasteiger partial charge in [0, 0.05) is 0 Å². The summed E-state index contributed by atoms with van der Waals surface area (Å²) >= 11 is 0. The van der Waals surface area contributed by atoms with Crippen LogP contribution in [-0.4, -0.2) is 17.7 Å². The molecule has 0 aromatic heterocycles. The molecule has 1 rings (SSSR count). The van der Waals surface area contributed by atoms with Crippen molar-refractivity contribution in [3.8, 4) is 0 Å². The first kappa shape index (κ1) is 13.7. The van der Waals surface area contributed by atoms with E-state index >= 15 is 0 Å². The van der Waals surface area contributed by atoms with E-state index in [1.165, 1.54) is 5.56 Å². The van der Waals surface area contributed by atoms with Crippen LogP contribution in [0.5, 0.6) is 0 Å². The highest BCUT2D eigenvalue weighted by molar-refractivity contribution is 5.71. The van der Waals surface area contributed by atoms with E-state index in [2.05, 4.69) is 0 Å². The minimum Gasteiger partial charge on any atom is -0.466 e. The van der Waals surface area contributed by atoms with Crippen LogP contribution in [0, 0.1) is 13.8 Å². The van der Waals surface area contributed by atoms with E-state index in [1.54, 1.807) is 13.8 Å². The van der Waals surface area contributed by atoms with Gasteiger partial charge in [-0.1, -0.05) is 18.2 Å². The fourth-order valence-corrected chi connectivity index (χ4v) is 1.67. The smallest absolute Gasteiger partial charge is 0.309 e. The van der Waals surface area contributed by atoms with Gasteiger partial charge in [0.05, 0.1) is 18.6 Å². The summed E-state index contributed by atoms with van der Waals surface area (Å²) in [4.78, 5) is 11.4. The molecule has 17 heavy (non-hydrogen) atoms. The maximum absolute atomic E-state index is 11.4. The number of hydrogen-bond acceptors (Lipinski definition) is 3. The minimum atomic E-state index is -1.18. The lowest BCUT2D eigenvalue weighted by atomic mass is 9.90. The summed E-state index contributed by atoms with van der Waals surface area (Å²) in [5.41, 5.74) is 1.84. The van der Waals surface area contributed by atoms with Gasteiger partial charge in [0.1, 0.15) is 0 Å². The number of carbonyl (C=O) groups excluding carboxylic acids is 1. The molecule has 0 fully saturated rings. The van der Waals surface area contributed by atoms with Crippen molar-refractivity contribution in [1.82, 2.24) is 0 Å². The Labute approximate surface area is 102 Å². The highest BCUT2D eigenvalue weighted by Crippen LogP contribution is 2.26. The molecule has 0 spiro atoms. The first-order chi connectivity index (χ1) is 7.86. The van der Waals surface area contributed by atoms with Gasteiger partial charge in [-0.3, -0.25) is 4.79 Å². The first-order valence-corrected chi connectivity index (χ1v) is 5.82. The van der Waals surface area contributed by atoms with E-state index in [0.29, 0.717) is 6.61 Å². The highest BCUT2D eigenvalue weighted by Gasteiger charge is 2.27. The Balaban J connectivity index is 2.88. The average molecular weight is 236 g/mol. The zero-order valence-electron chi connectivity index (χ0n) is 10.9. The molecule has 3 nitrogen and oxygen atoms in total. The van der Waals surface area contributed by atoms with Crippen molar-refractivity contribution in [2.75, 3.05) is 6.61 Å². The number of rotatable bonds is 4. The van der Waals surface area contributed by atoms with Gasteiger partial charge in [-0.2, -0.15) is 0 Å². The third-order valence-electron chi connectivity index (χ3n) is 2.92. The summed E-state index contributed by atoms with van der Waals surface area (Å²) in [6.45, 7) is 7.72. The van der Waals surface area contributed by atoms with Crippen LogP contribution in [0.2, 0.25) is 0 Å². The van der Waals surface area contributed by atoms with Crippen LogP contribution in [0.3, 0.4) is 0 Å². The predicted molar refractivity (Wildman–Crippen MR) is 66.7 cm³/mol. The summed E-state index contributed by atoms with van der Waals surface area (Å²) in [7, 11) is 0. The molecular formula is C14H20O3. The van der Waals surface area contributed by atoms with Crippen LogP contribution in [-0.2, 0) is 15.1 Å². The molecule has 1 aromatic rings.